The molecule has 0 saturated carbocycles. The number of nitro benzene ring substituents is 1. The smallest absolute Gasteiger partial charge is 0.274 e. The summed E-state index contributed by atoms with van der Waals surface area (Å²) < 4.78 is 2.31. The largest absolute Gasteiger partial charge is 0.382 e. The van der Waals surface area contributed by atoms with E-state index in [-0.39, 0.29) is 5.69 Å². The Morgan fingerprint density at radius 2 is 2.06 bits per heavy atom. The first-order chi connectivity index (χ1) is 8.40. The molecule has 0 atom stereocenters. The summed E-state index contributed by atoms with van der Waals surface area (Å²) in [6.45, 7) is 3.53. The van der Waals surface area contributed by atoms with Crippen LogP contribution in [0.4, 0.5) is 11.5 Å². The molecule has 0 saturated heterocycles. The van der Waals surface area contributed by atoms with E-state index in [1.54, 1.807) is 23.7 Å². The second-order valence-corrected chi connectivity index (χ2v) is 4.82. The van der Waals surface area contributed by atoms with E-state index in [1.165, 1.54) is 6.07 Å². The molecule has 1 aromatic heterocycles. The van der Waals surface area contributed by atoms with E-state index in [0.29, 0.717) is 17.1 Å². The molecule has 2 rings (SSSR count). The molecule has 2 aromatic rings. The highest BCUT2D eigenvalue weighted by Crippen LogP contribution is 2.30. The minimum Gasteiger partial charge on any atom is -0.382 e. The van der Waals surface area contributed by atoms with Gasteiger partial charge in [-0.15, -0.1) is 0 Å². The van der Waals surface area contributed by atoms with E-state index in [4.69, 9.17) is 5.73 Å². The number of benzene rings is 1. The van der Waals surface area contributed by atoms with Crippen molar-refractivity contribution < 1.29 is 4.92 Å². The standard InChI is InChI=1S/C11H11BrN4O2/c1-6-3-8(12)10(5-9(6)16(17)18)15-7(2)4-11(13)14-15/h3-5H,1-2H3,(H2,13,14). The van der Waals surface area contributed by atoms with Crippen molar-refractivity contribution in [2.75, 3.05) is 5.73 Å². The molecule has 0 radical (unpaired) electrons. The molecular formula is C11H11BrN4O2. The Bertz CT molecular complexity index is 636. The lowest BCUT2D eigenvalue weighted by Gasteiger charge is -2.08. The van der Waals surface area contributed by atoms with Gasteiger partial charge in [-0.1, -0.05) is 0 Å². The molecule has 94 valence electrons. The molecule has 0 fully saturated rings. The van der Waals surface area contributed by atoms with E-state index in [1.807, 2.05) is 6.92 Å². The number of nitrogen functional groups attached to an aromatic ring is 1. The predicted molar refractivity (Wildman–Crippen MR) is 71.8 cm³/mol. The van der Waals surface area contributed by atoms with Gasteiger partial charge >= 0.3 is 0 Å². The van der Waals surface area contributed by atoms with Gasteiger partial charge in [0.1, 0.15) is 5.82 Å². The molecule has 1 heterocycles. The molecule has 7 heteroatoms. The first-order valence-corrected chi connectivity index (χ1v) is 5.96. The van der Waals surface area contributed by atoms with Gasteiger partial charge in [0.25, 0.3) is 5.69 Å². The van der Waals surface area contributed by atoms with Crippen LogP contribution < -0.4 is 5.73 Å². The lowest BCUT2D eigenvalue weighted by molar-refractivity contribution is -0.385. The van der Waals surface area contributed by atoms with Crippen LogP contribution in [0, 0.1) is 24.0 Å². The number of hydrogen-bond acceptors (Lipinski definition) is 4. The van der Waals surface area contributed by atoms with Gasteiger partial charge in [0.05, 0.1) is 10.6 Å². The van der Waals surface area contributed by atoms with Crippen molar-refractivity contribution >= 4 is 27.4 Å². The van der Waals surface area contributed by atoms with E-state index >= 15 is 0 Å². The summed E-state index contributed by atoms with van der Waals surface area (Å²) >= 11 is 3.39. The molecule has 0 unspecified atom stereocenters. The Kier molecular flexibility index (Phi) is 3.08. The monoisotopic (exact) mass is 310 g/mol. The number of rotatable bonds is 2. The molecule has 0 bridgehead atoms. The third-order valence-electron chi connectivity index (χ3n) is 2.60. The summed E-state index contributed by atoms with van der Waals surface area (Å²) in [7, 11) is 0. The minimum atomic E-state index is -0.409. The van der Waals surface area contributed by atoms with Crippen molar-refractivity contribution in [1.82, 2.24) is 9.78 Å². The van der Waals surface area contributed by atoms with Crippen molar-refractivity contribution in [3.63, 3.8) is 0 Å². The number of anilines is 1. The Balaban J connectivity index is 2.68. The SMILES string of the molecule is Cc1cc(Br)c(-n2nc(N)cc2C)cc1[N+](=O)[O-]. The van der Waals surface area contributed by atoms with Gasteiger partial charge in [-0.25, -0.2) is 4.68 Å². The van der Waals surface area contributed by atoms with Gasteiger partial charge < -0.3 is 5.73 Å². The molecule has 6 nitrogen and oxygen atoms in total. The number of halogens is 1. The zero-order chi connectivity index (χ0) is 13.4. The summed E-state index contributed by atoms with van der Waals surface area (Å²) in [5.74, 6) is 0.377. The maximum absolute atomic E-state index is 10.9. The van der Waals surface area contributed by atoms with Crippen molar-refractivity contribution in [3.8, 4) is 5.69 Å². The fraction of sp³-hybridized carbons (Fsp3) is 0.182. The number of hydrogen-bond donors (Lipinski definition) is 1. The molecule has 1 aromatic carbocycles. The van der Waals surface area contributed by atoms with Crippen molar-refractivity contribution in [3.05, 3.63) is 44.0 Å². The third kappa shape index (κ3) is 2.08. The van der Waals surface area contributed by atoms with Gasteiger partial charge in [-0.2, -0.15) is 5.10 Å². The van der Waals surface area contributed by atoms with Gasteiger partial charge in [0.15, 0.2) is 0 Å². The molecular weight excluding hydrogens is 300 g/mol. The van der Waals surface area contributed by atoms with Gasteiger partial charge in [0, 0.05) is 27.9 Å². The molecule has 0 aliphatic rings. The van der Waals surface area contributed by atoms with Crippen LogP contribution >= 0.6 is 15.9 Å². The van der Waals surface area contributed by atoms with E-state index in [9.17, 15) is 10.1 Å². The zero-order valence-electron chi connectivity index (χ0n) is 9.85. The van der Waals surface area contributed by atoms with Crippen molar-refractivity contribution in [2.45, 2.75) is 13.8 Å². The average molecular weight is 311 g/mol. The van der Waals surface area contributed by atoms with Crippen LogP contribution in [-0.2, 0) is 0 Å². The fourth-order valence-electron chi connectivity index (χ4n) is 1.75. The normalized spacial score (nSPS) is 10.6. The quantitative estimate of drug-likeness (QED) is 0.682. The topological polar surface area (TPSA) is 87.0 Å². The second-order valence-electron chi connectivity index (χ2n) is 3.97. The molecule has 0 aliphatic carbocycles. The van der Waals surface area contributed by atoms with Gasteiger partial charge in [0.2, 0.25) is 0 Å². The summed E-state index contributed by atoms with van der Waals surface area (Å²) in [6.07, 6.45) is 0. The lowest BCUT2D eigenvalue weighted by Crippen LogP contribution is -2.03. The van der Waals surface area contributed by atoms with Crippen molar-refractivity contribution in [1.29, 1.82) is 0 Å². The van der Waals surface area contributed by atoms with Crippen LogP contribution in [0.1, 0.15) is 11.3 Å². The fourth-order valence-corrected chi connectivity index (χ4v) is 2.38. The number of nitrogens with zero attached hydrogens (tertiary/aromatic N) is 3. The Morgan fingerprint density at radius 1 is 1.39 bits per heavy atom. The highest BCUT2D eigenvalue weighted by Gasteiger charge is 2.17. The van der Waals surface area contributed by atoms with Crippen LogP contribution in [0.2, 0.25) is 0 Å². The molecule has 0 aliphatic heterocycles. The highest BCUT2D eigenvalue weighted by molar-refractivity contribution is 9.10. The average Bonchev–Trinajstić information content (AvgIpc) is 2.57. The number of aromatic nitrogens is 2. The Morgan fingerprint density at radius 3 is 2.56 bits per heavy atom. The van der Waals surface area contributed by atoms with Crippen LogP contribution in [0.3, 0.4) is 0 Å². The summed E-state index contributed by atoms with van der Waals surface area (Å²) in [4.78, 5) is 10.5. The number of nitro groups is 1. The van der Waals surface area contributed by atoms with Crippen molar-refractivity contribution in [2.24, 2.45) is 0 Å². The Labute approximate surface area is 112 Å². The van der Waals surface area contributed by atoms with Crippen LogP contribution in [0.25, 0.3) is 5.69 Å². The maximum Gasteiger partial charge on any atom is 0.274 e. The van der Waals surface area contributed by atoms with E-state index in [2.05, 4.69) is 21.0 Å². The van der Waals surface area contributed by atoms with Gasteiger partial charge in [-0.05, 0) is 35.8 Å². The van der Waals surface area contributed by atoms with Gasteiger partial charge in [-0.3, -0.25) is 10.1 Å². The first-order valence-electron chi connectivity index (χ1n) is 5.17. The Hall–Kier alpha value is -1.89. The third-order valence-corrected chi connectivity index (χ3v) is 3.23. The molecule has 2 N–H and O–H groups in total. The van der Waals surface area contributed by atoms with Crippen LogP contribution in [-0.4, -0.2) is 14.7 Å². The predicted octanol–water partition coefficient (Wildman–Crippen LogP) is 2.74. The van der Waals surface area contributed by atoms with Crippen LogP contribution in [0.5, 0.6) is 0 Å². The van der Waals surface area contributed by atoms with E-state index in [0.717, 1.165) is 10.2 Å². The maximum atomic E-state index is 10.9. The zero-order valence-corrected chi connectivity index (χ0v) is 11.4. The molecule has 18 heavy (non-hydrogen) atoms. The van der Waals surface area contributed by atoms with Crippen LogP contribution in [0.15, 0.2) is 22.7 Å². The minimum absolute atomic E-state index is 0.0571. The number of nitrogens with two attached hydrogens (primary N) is 1. The molecule has 0 spiro atoms. The lowest BCUT2D eigenvalue weighted by atomic mass is 10.2. The summed E-state index contributed by atoms with van der Waals surface area (Å²) in [6, 6.07) is 4.89. The summed E-state index contributed by atoms with van der Waals surface area (Å²) in [5.41, 5.74) is 7.67. The number of aryl methyl sites for hydroxylation is 2. The first kappa shape index (κ1) is 12.6. The second kappa shape index (κ2) is 4.41. The highest BCUT2D eigenvalue weighted by atomic mass is 79.9. The van der Waals surface area contributed by atoms with E-state index < -0.39 is 4.92 Å². The summed E-state index contributed by atoms with van der Waals surface area (Å²) in [5, 5.41) is 15.1. The molecule has 0 amide bonds.